The van der Waals surface area contributed by atoms with Crippen LogP contribution in [0.15, 0.2) is 54.7 Å². The van der Waals surface area contributed by atoms with E-state index in [2.05, 4.69) is 23.3 Å². The summed E-state index contributed by atoms with van der Waals surface area (Å²) in [5, 5.41) is 6.47. The number of carbonyl (C=O) groups excluding carboxylic acids is 1. The smallest absolute Gasteiger partial charge is 0.185 e. The summed E-state index contributed by atoms with van der Waals surface area (Å²) in [5.74, 6) is 0.112. The Morgan fingerprint density at radius 1 is 1.10 bits per heavy atom. The number of aryl methyl sites for hydroxylation is 1. The van der Waals surface area contributed by atoms with Gasteiger partial charge in [-0.25, -0.2) is 0 Å². The Kier molecular flexibility index (Phi) is 3.33. The third kappa shape index (κ3) is 2.23. The maximum atomic E-state index is 12.4. The zero-order valence-corrected chi connectivity index (χ0v) is 11.4. The Hall–Kier alpha value is -2.42. The summed E-state index contributed by atoms with van der Waals surface area (Å²) in [7, 11) is 0. The van der Waals surface area contributed by atoms with Gasteiger partial charge in [-0.15, -0.1) is 0 Å². The van der Waals surface area contributed by atoms with Crippen LogP contribution in [0.2, 0.25) is 0 Å². The minimum atomic E-state index is 0.112. The fraction of sp³-hybridized carbons (Fsp3) is 0.176. The predicted molar refractivity (Wildman–Crippen MR) is 79.9 cm³/mol. The number of hydrogen-bond donors (Lipinski definition) is 0. The lowest BCUT2D eigenvalue weighted by Crippen LogP contribution is -2.11. The molecule has 3 nitrogen and oxygen atoms in total. The summed E-state index contributed by atoms with van der Waals surface area (Å²) in [6, 6.07) is 16.0. The second kappa shape index (κ2) is 5.29. The van der Waals surface area contributed by atoms with E-state index in [-0.39, 0.29) is 5.78 Å². The monoisotopic (exact) mass is 264 g/mol. The molecule has 20 heavy (non-hydrogen) atoms. The van der Waals surface area contributed by atoms with Gasteiger partial charge in [0.2, 0.25) is 0 Å². The second-order valence-corrected chi connectivity index (χ2v) is 4.77. The first kappa shape index (κ1) is 12.6. The van der Waals surface area contributed by atoms with Crippen LogP contribution in [0.4, 0.5) is 0 Å². The van der Waals surface area contributed by atoms with Crippen molar-refractivity contribution in [1.82, 2.24) is 9.78 Å². The van der Waals surface area contributed by atoms with Crippen molar-refractivity contribution in [2.45, 2.75) is 19.9 Å². The first-order valence-corrected chi connectivity index (χ1v) is 6.81. The predicted octanol–water partition coefficient (Wildman–Crippen LogP) is 3.48. The van der Waals surface area contributed by atoms with Crippen LogP contribution in [0.5, 0.6) is 0 Å². The highest BCUT2D eigenvalue weighted by molar-refractivity contribution is 5.99. The Morgan fingerprint density at radius 2 is 1.90 bits per heavy atom. The van der Waals surface area contributed by atoms with Crippen LogP contribution in [-0.4, -0.2) is 15.6 Å². The molecule has 2 aromatic carbocycles. The number of carbonyl (C=O) groups is 1. The molecule has 0 aliphatic rings. The van der Waals surface area contributed by atoms with E-state index in [1.807, 2.05) is 31.2 Å². The van der Waals surface area contributed by atoms with Crippen molar-refractivity contribution in [3.05, 3.63) is 66.0 Å². The van der Waals surface area contributed by atoms with Crippen LogP contribution in [0.1, 0.15) is 23.0 Å². The number of hydrogen-bond acceptors (Lipinski definition) is 2. The van der Waals surface area contributed by atoms with Gasteiger partial charge in [0.1, 0.15) is 5.69 Å². The van der Waals surface area contributed by atoms with Crippen molar-refractivity contribution in [3.8, 4) is 0 Å². The molecule has 1 heterocycles. The van der Waals surface area contributed by atoms with Crippen LogP contribution in [-0.2, 0) is 13.0 Å². The molecule has 0 aliphatic heterocycles. The normalized spacial score (nSPS) is 10.8. The average Bonchev–Trinajstić information content (AvgIpc) is 2.96. The van der Waals surface area contributed by atoms with Crippen molar-refractivity contribution in [2.24, 2.45) is 0 Å². The van der Waals surface area contributed by atoms with E-state index in [4.69, 9.17) is 0 Å². The molecule has 3 aromatic rings. The minimum absolute atomic E-state index is 0.112. The fourth-order valence-corrected chi connectivity index (χ4v) is 2.53. The summed E-state index contributed by atoms with van der Waals surface area (Å²) in [4.78, 5) is 12.4. The van der Waals surface area contributed by atoms with Crippen LogP contribution >= 0.6 is 0 Å². The minimum Gasteiger partial charge on any atom is -0.292 e. The number of benzene rings is 2. The zero-order chi connectivity index (χ0) is 13.9. The average molecular weight is 264 g/mol. The van der Waals surface area contributed by atoms with Gasteiger partial charge in [-0.3, -0.25) is 9.48 Å². The highest BCUT2D eigenvalue weighted by Gasteiger charge is 2.13. The molecule has 0 amide bonds. The van der Waals surface area contributed by atoms with Gasteiger partial charge in [0.15, 0.2) is 5.78 Å². The number of ketones is 1. The zero-order valence-electron chi connectivity index (χ0n) is 11.4. The summed E-state index contributed by atoms with van der Waals surface area (Å²) in [6.45, 7) is 2.70. The molecule has 100 valence electrons. The molecule has 0 N–H and O–H groups in total. The Bertz CT molecular complexity index is 753. The van der Waals surface area contributed by atoms with E-state index in [0.717, 1.165) is 10.9 Å². The number of fused-ring (bicyclic) bond motifs is 1. The highest BCUT2D eigenvalue weighted by atomic mass is 16.1. The number of rotatable bonds is 4. The summed E-state index contributed by atoms with van der Waals surface area (Å²) in [6.07, 6.45) is 2.09. The maximum absolute atomic E-state index is 12.4. The standard InChI is InChI=1S/C17H16N2O/c1-2-19-16(10-11-18-19)17(20)12-14-8-5-7-13-6-3-4-9-15(13)14/h3-11H,2,12H2,1H3. The topological polar surface area (TPSA) is 34.9 Å². The molecule has 0 unspecified atom stereocenters. The van der Waals surface area contributed by atoms with Gasteiger partial charge >= 0.3 is 0 Å². The summed E-state index contributed by atoms with van der Waals surface area (Å²) < 4.78 is 1.74. The molecule has 1 aromatic heterocycles. The van der Waals surface area contributed by atoms with Gasteiger partial charge in [-0.05, 0) is 29.3 Å². The largest absolute Gasteiger partial charge is 0.292 e. The number of nitrogens with zero attached hydrogens (tertiary/aromatic N) is 2. The SMILES string of the molecule is CCn1nccc1C(=O)Cc1cccc2ccccc12. The van der Waals surface area contributed by atoms with E-state index >= 15 is 0 Å². The summed E-state index contributed by atoms with van der Waals surface area (Å²) >= 11 is 0. The van der Waals surface area contributed by atoms with E-state index in [1.165, 1.54) is 5.39 Å². The van der Waals surface area contributed by atoms with E-state index in [0.29, 0.717) is 18.7 Å². The maximum Gasteiger partial charge on any atom is 0.185 e. The molecule has 0 radical (unpaired) electrons. The molecule has 0 atom stereocenters. The first-order valence-electron chi connectivity index (χ1n) is 6.81. The van der Waals surface area contributed by atoms with E-state index in [1.54, 1.807) is 16.9 Å². The van der Waals surface area contributed by atoms with Crippen LogP contribution in [0.25, 0.3) is 10.8 Å². The number of aromatic nitrogens is 2. The highest BCUT2D eigenvalue weighted by Crippen LogP contribution is 2.20. The Balaban J connectivity index is 1.96. The van der Waals surface area contributed by atoms with Gasteiger partial charge < -0.3 is 0 Å². The lowest BCUT2D eigenvalue weighted by Gasteiger charge is -2.07. The van der Waals surface area contributed by atoms with E-state index in [9.17, 15) is 4.79 Å². The van der Waals surface area contributed by atoms with Gasteiger partial charge in [-0.1, -0.05) is 42.5 Å². The van der Waals surface area contributed by atoms with Crippen molar-refractivity contribution in [3.63, 3.8) is 0 Å². The lowest BCUT2D eigenvalue weighted by molar-refractivity contribution is 0.0983. The molecule has 0 spiro atoms. The van der Waals surface area contributed by atoms with Crippen molar-refractivity contribution < 1.29 is 4.79 Å². The van der Waals surface area contributed by atoms with Gasteiger partial charge in [0, 0.05) is 19.2 Å². The van der Waals surface area contributed by atoms with Crippen molar-refractivity contribution in [2.75, 3.05) is 0 Å². The summed E-state index contributed by atoms with van der Waals surface area (Å²) in [5.41, 5.74) is 1.75. The molecule has 3 heteroatoms. The Labute approximate surface area is 117 Å². The lowest BCUT2D eigenvalue weighted by atomic mass is 9.99. The third-order valence-corrected chi connectivity index (χ3v) is 3.53. The van der Waals surface area contributed by atoms with Crippen LogP contribution in [0.3, 0.4) is 0 Å². The number of Topliss-reactive ketones (excluding diaryl/α,β-unsaturated/α-hetero) is 1. The van der Waals surface area contributed by atoms with Crippen molar-refractivity contribution >= 4 is 16.6 Å². The fourth-order valence-electron chi connectivity index (χ4n) is 2.53. The molecule has 0 fully saturated rings. The molecular weight excluding hydrogens is 248 g/mol. The van der Waals surface area contributed by atoms with Crippen LogP contribution < -0.4 is 0 Å². The first-order chi connectivity index (χ1) is 9.79. The molecule has 0 saturated carbocycles. The van der Waals surface area contributed by atoms with E-state index < -0.39 is 0 Å². The molecular formula is C17H16N2O. The Morgan fingerprint density at radius 3 is 2.75 bits per heavy atom. The second-order valence-electron chi connectivity index (χ2n) is 4.77. The van der Waals surface area contributed by atoms with Gasteiger partial charge in [0.05, 0.1) is 0 Å². The molecule has 0 bridgehead atoms. The van der Waals surface area contributed by atoms with Crippen molar-refractivity contribution in [1.29, 1.82) is 0 Å². The van der Waals surface area contributed by atoms with Gasteiger partial charge in [0.25, 0.3) is 0 Å². The molecule has 3 rings (SSSR count). The quantitative estimate of drug-likeness (QED) is 0.676. The molecule has 0 aliphatic carbocycles. The van der Waals surface area contributed by atoms with Gasteiger partial charge in [-0.2, -0.15) is 5.10 Å². The third-order valence-electron chi connectivity index (χ3n) is 3.53. The molecule has 0 saturated heterocycles. The van der Waals surface area contributed by atoms with Crippen LogP contribution in [0, 0.1) is 0 Å².